The molecule has 118 valence electrons. The maximum atomic E-state index is 13.1. The molecule has 0 bridgehead atoms. The standard InChI is InChI=1S/C14H18BrClFNO3/c15-12-4-9(17)5-13(16)14(12)18-6-10(19)7-20-8-11-2-1-3-21-11/h4-5,10-11,18-19H,1-3,6-8H2. The van der Waals surface area contributed by atoms with Crippen molar-refractivity contribution in [2.45, 2.75) is 25.0 Å². The van der Waals surface area contributed by atoms with E-state index in [1.807, 2.05) is 0 Å². The molecule has 1 aliphatic rings. The molecular weight excluding hydrogens is 365 g/mol. The number of hydrogen-bond acceptors (Lipinski definition) is 4. The molecule has 1 aromatic rings. The molecular formula is C14H18BrClFNO3. The normalized spacial score (nSPS) is 19.7. The summed E-state index contributed by atoms with van der Waals surface area (Å²) in [6.45, 7) is 1.76. The van der Waals surface area contributed by atoms with Crippen LogP contribution in [0.2, 0.25) is 5.02 Å². The van der Waals surface area contributed by atoms with Crippen molar-refractivity contribution >= 4 is 33.2 Å². The zero-order chi connectivity index (χ0) is 15.2. The Labute approximate surface area is 136 Å². The van der Waals surface area contributed by atoms with Crippen molar-refractivity contribution in [2.75, 3.05) is 31.7 Å². The lowest BCUT2D eigenvalue weighted by molar-refractivity contribution is -0.0137. The van der Waals surface area contributed by atoms with Crippen LogP contribution in [0.25, 0.3) is 0 Å². The molecule has 1 saturated heterocycles. The summed E-state index contributed by atoms with van der Waals surface area (Å²) >= 11 is 9.18. The Hall–Kier alpha value is -0.400. The summed E-state index contributed by atoms with van der Waals surface area (Å²) < 4.78 is 24.5. The van der Waals surface area contributed by atoms with E-state index in [0.717, 1.165) is 19.4 Å². The van der Waals surface area contributed by atoms with Crippen LogP contribution in [0, 0.1) is 5.82 Å². The van der Waals surface area contributed by atoms with E-state index in [2.05, 4.69) is 21.2 Å². The molecule has 0 aromatic heterocycles. The Balaban J connectivity index is 1.72. The molecule has 2 rings (SSSR count). The predicted molar refractivity (Wildman–Crippen MR) is 83.4 cm³/mol. The highest BCUT2D eigenvalue weighted by Crippen LogP contribution is 2.31. The van der Waals surface area contributed by atoms with Gasteiger partial charge in [-0.05, 0) is 40.9 Å². The Morgan fingerprint density at radius 1 is 1.57 bits per heavy atom. The lowest BCUT2D eigenvalue weighted by Crippen LogP contribution is -2.27. The molecule has 0 aliphatic carbocycles. The molecule has 2 N–H and O–H groups in total. The van der Waals surface area contributed by atoms with Gasteiger partial charge in [-0.15, -0.1) is 0 Å². The van der Waals surface area contributed by atoms with Crippen LogP contribution >= 0.6 is 27.5 Å². The van der Waals surface area contributed by atoms with E-state index in [0.29, 0.717) is 16.8 Å². The molecule has 2 atom stereocenters. The second kappa shape index (κ2) is 8.29. The number of ether oxygens (including phenoxy) is 2. The van der Waals surface area contributed by atoms with Gasteiger partial charge in [0.25, 0.3) is 0 Å². The Bertz CT molecular complexity index is 449. The van der Waals surface area contributed by atoms with Gasteiger partial charge < -0.3 is 19.9 Å². The van der Waals surface area contributed by atoms with Gasteiger partial charge in [0.2, 0.25) is 0 Å². The molecule has 7 heteroatoms. The minimum atomic E-state index is -0.681. The molecule has 0 spiro atoms. The van der Waals surface area contributed by atoms with Gasteiger partial charge in [-0.3, -0.25) is 0 Å². The number of benzene rings is 1. The lowest BCUT2D eigenvalue weighted by Gasteiger charge is -2.16. The zero-order valence-electron chi connectivity index (χ0n) is 11.4. The van der Waals surface area contributed by atoms with Gasteiger partial charge in [-0.1, -0.05) is 11.6 Å². The summed E-state index contributed by atoms with van der Waals surface area (Å²) in [6.07, 6.45) is 1.53. The first-order chi connectivity index (χ1) is 10.1. The van der Waals surface area contributed by atoms with Crippen LogP contribution < -0.4 is 5.32 Å². The average Bonchev–Trinajstić information content (AvgIpc) is 2.90. The zero-order valence-corrected chi connectivity index (χ0v) is 13.8. The monoisotopic (exact) mass is 381 g/mol. The summed E-state index contributed by atoms with van der Waals surface area (Å²) in [6, 6.07) is 2.53. The summed E-state index contributed by atoms with van der Waals surface area (Å²) in [4.78, 5) is 0. The Morgan fingerprint density at radius 3 is 3.05 bits per heavy atom. The number of hydrogen-bond donors (Lipinski definition) is 2. The van der Waals surface area contributed by atoms with Crippen LogP contribution in [-0.4, -0.2) is 43.7 Å². The molecule has 1 aliphatic heterocycles. The molecule has 0 amide bonds. The van der Waals surface area contributed by atoms with Gasteiger partial charge in [-0.25, -0.2) is 4.39 Å². The number of anilines is 1. The minimum Gasteiger partial charge on any atom is -0.389 e. The van der Waals surface area contributed by atoms with Crippen LogP contribution in [0.4, 0.5) is 10.1 Å². The van der Waals surface area contributed by atoms with Gasteiger partial charge in [-0.2, -0.15) is 0 Å². The van der Waals surface area contributed by atoms with E-state index < -0.39 is 11.9 Å². The molecule has 1 aromatic carbocycles. The van der Waals surface area contributed by atoms with Crippen molar-refractivity contribution in [1.29, 1.82) is 0 Å². The first kappa shape index (κ1) is 17.0. The predicted octanol–water partition coefficient (Wildman–Crippen LogP) is 3.21. The Kier molecular flexibility index (Phi) is 6.70. The highest BCUT2D eigenvalue weighted by molar-refractivity contribution is 9.10. The van der Waals surface area contributed by atoms with Crippen LogP contribution in [-0.2, 0) is 9.47 Å². The van der Waals surface area contributed by atoms with Crippen LogP contribution in [0.3, 0.4) is 0 Å². The summed E-state index contributed by atoms with van der Waals surface area (Å²) in [5, 5.41) is 13.1. The number of rotatable bonds is 7. The number of halogens is 3. The smallest absolute Gasteiger partial charge is 0.125 e. The van der Waals surface area contributed by atoms with E-state index in [9.17, 15) is 9.50 Å². The lowest BCUT2D eigenvalue weighted by atomic mass is 10.2. The maximum Gasteiger partial charge on any atom is 0.125 e. The maximum absolute atomic E-state index is 13.1. The molecule has 1 heterocycles. The number of aliphatic hydroxyl groups excluding tert-OH is 1. The molecule has 0 radical (unpaired) electrons. The summed E-state index contributed by atoms with van der Waals surface area (Å²) in [5.41, 5.74) is 0.552. The van der Waals surface area contributed by atoms with E-state index in [-0.39, 0.29) is 24.3 Å². The van der Waals surface area contributed by atoms with Crippen molar-refractivity contribution in [1.82, 2.24) is 0 Å². The van der Waals surface area contributed by atoms with Gasteiger partial charge in [0.15, 0.2) is 0 Å². The van der Waals surface area contributed by atoms with E-state index in [1.54, 1.807) is 0 Å². The number of aliphatic hydroxyl groups is 1. The second-order valence-electron chi connectivity index (χ2n) is 4.95. The molecule has 4 nitrogen and oxygen atoms in total. The SMILES string of the molecule is OC(CNc1c(Cl)cc(F)cc1Br)COCC1CCCO1. The third-order valence-corrected chi connectivity index (χ3v) is 4.08. The van der Waals surface area contributed by atoms with E-state index >= 15 is 0 Å². The molecule has 0 saturated carbocycles. The largest absolute Gasteiger partial charge is 0.389 e. The fourth-order valence-corrected chi connectivity index (χ4v) is 3.06. The van der Waals surface area contributed by atoms with Crippen molar-refractivity contribution < 1.29 is 19.0 Å². The topological polar surface area (TPSA) is 50.7 Å². The summed E-state index contributed by atoms with van der Waals surface area (Å²) in [7, 11) is 0. The van der Waals surface area contributed by atoms with Crippen molar-refractivity contribution in [2.24, 2.45) is 0 Å². The highest BCUT2D eigenvalue weighted by atomic mass is 79.9. The van der Waals surface area contributed by atoms with Crippen molar-refractivity contribution in [3.05, 3.63) is 27.4 Å². The number of nitrogens with one attached hydrogen (secondary N) is 1. The quantitative estimate of drug-likeness (QED) is 0.760. The third-order valence-electron chi connectivity index (χ3n) is 3.16. The van der Waals surface area contributed by atoms with Crippen LogP contribution in [0.1, 0.15) is 12.8 Å². The fourth-order valence-electron chi connectivity index (χ4n) is 2.10. The van der Waals surface area contributed by atoms with Gasteiger partial charge in [0.05, 0.1) is 36.1 Å². The van der Waals surface area contributed by atoms with Crippen molar-refractivity contribution in [3.8, 4) is 0 Å². The minimum absolute atomic E-state index is 0.144. The third kappa shape index (κ3) is 5.38. The molecule has 1 fully saturated rings. The van der Waals surface area contributed by atoms with Gasteiger partial charge in [0.1, 0.15) is 5.82 Å². The van der Waals surface area contributed by atoms with Crippen molar-refractivity contribution in [3.63, 3.8) is 0 Å². The first-order valence-corrected chi connectivity index (χ1v) is 7.99. The van der Waals surface area contributed by atoms with Gasteiger partial charge >= 0.3 is 0 Å². The van der Waals surface area contributed by atoms with E-state index in [1.165, 1.54) is 12.1 Å². The van der Waals surface area contributed by atoms with Crippen LogP contribution in [0.15, 0.2) is 16.6 Å². The van der Waals surface area contributed by atoms with Crippen LogP contribution in [0.5, 0.6) is 0 Å². The Morgan fingerprint density at radius 2 is 2.38 bits per heavy atom. The average molecular weight is 383 g/mol. The fraction of sp³-hybridized carbons (Fsp3) is 0.571. The summed E-state index contributed by atoms with van der Waals surface area (Å²) in [5.74, 6) is -0.419. The molecule has 21 heavy (non-hydrogen) atoms. The highest BCUT2D eigenvalue weighted by Gasteiger charge is 2.16. The molecule has 2 unspecified atom stereocenters. The van der Waals surface area contributed by atoms with Gasteiger partial charge in [0, 0.05) is 17.6 Å². The van der Waals surface area contributed by atoms with E-state index in [4.69, 9.17) is 21.1 Å². The second-order valence-corrected chi connectivity index (χ2v) is 6.21. The first-order valence-electron chi connectivity index (χ1n) is 6.82.